The number of rotatable bonds is 19. The molecule has 0 aliphatic carbocycles. The predicted octanol–water partition coefficient (Wildman–Crippen LogP) is 9.33. The van der Waals surface area contributed by atoms with Crippen LogP contribution in [0.2, 0.25) is 0 Å². The van der Waals surface area contributed by atoms with Crippen molar-refractivity contribution >= 4 is 11.3 Å². The summed E-state index contributed by atoms with van der Waals surface area (Å²) in [5.74, 6) is 0. The molecule has 0 radical (unpaired) electrons. The van der Waals surface area contributed by atoms with Crippen LogP contribution >= 0.6 is 11.3 Å². The molecule has 0 saturated carbocycles. The lowest BCUT2D eigenvalue weighted by Crippen LogP contribution is -1.85. The van der Waals surface area contributed by atoms with Crippen LogP contribution in [0.5, 0.6) is 0 Å². The van der Waals surface area contributed by atoms with Crippen LogP contribution < -0.4 is 0 Å². The third-order valence-electron chi connectivity index (χ3n) is 5.40. The van der Waals surface area contributed by atoms with E-state index < -0.39 is 0 Å². The molecule has 1 aromatic rings. The molecule has 0 nitrogen and oxygen atoms in total. The second-order valence-electron chi connectivity index (χ2n) is 7.89. The van der Waals surface area contributed by atoms with Gasteiger partial charge in [0.1, 0.15) is 0 Å². The van der Waals surface area contributed by atoms with E-state index in [1.165, 1.54) is 122 Å². The Morgan fingerprint density at radius 2 is 0.960 bits per heavy atom. The molecule has 0 aromatic carbocycles. The third kappa shape index (κ3) is 15.7. The Morgan fingerprint density at radius 1 is 0.560 bits per heavy atom. The van der Waals surface area contributed by atoms with Gasteiger partial charge >= 0.3 is 0 Å². The zero-order valence-corrected chi connectivity index (χ0v) is 17.9. The largest absolute Gasteiger partial charge is 0.152 e. The molecular formula is C24H44S. The van der Waals surface area contributed by atoms with Crippen molar-refractivity contribution in [3.63, 3.8) is 0 Å². The van der Waals surface area contributed by atoms with E-state index in [9.17, 15) is 0 Å². The van der Waals surface area contributed by atoms with E-state index in [0.717, 1.165) is 0 Å². The standard InChI is InChI=1S/C24H44S/c1-2-3-4-5-6-7-8-9-10-11-12-13-14-15-16-17-18-19-20-24-21-22-25-23-24/h21-23H,2-20H2,1H3. The van der Waals surface area contributed by atoms with Crippen LogP contribution in [-0.2, 0) is 6.42 Å². The van der Waals surface area contributed by atoms with Gasteiger partial charge in [0.15, 0.2) is 0 Å². The van der Waals surface area contributed by atoms with Gasteiger partial charge in [0.05, 0.1) is 0 Å². The van der Waals surface area contributed by atoms with E-state index >= 15 is 0 Å². The van der Waals surface area contributed by atoms with Crippen LogP contribution in [0.25, 0.3) is 0 Å². The molecule has 0 N–H and O–H groups in total. The van der Waals surface area contributed by atoms with Crippen LogP contribution in [0.3, 0.4) is 0 Å². The summed E-state index contributed by atoms with van der Waals surface area (Å²) in [6, 6.07) is 2.28. The summed E-state index contributed by atoms with van der Waals surface area (Å²) in [5, 5.41) is 4.50. The molecule has 0 spiro atoms. The maximum atomic E-state index is 2.30. The molecule has 1 heteroatoms. The van der Waals surface area contributed by atoms with E-state index in [1.807, 2.05) is 11.3 Å². The normalized spacial score (nSPS) is 11.2. The van der Waals surface area contributed by atoms with Crippen LogP contribution in [-0.4, -0.2) is 0 Å². The average Bonchev–Trinajstić information content (AvgIpc) is 3.14. The summed E-state index contributed by atoms with van der Waals surface area (Å²) in [6.45, 7) is 2.30. The van der Waals surface area contributed by atoms with Gasteiger partial charge in [-0.25, -0.2) is 0 Å². The van der Waals surface area contributed by atoms with Crippen molar-refractivity contribution in [1.82, 2.24) is 0 Å². The first-order valence-electron chi connectivity index (χ1n) is 11.4. The third-order valence-corrected chi connectivity index (χ3v) is 6.13. The lowest BCUT2D eigenvalue weighted by Gasteiger charge is -2.04. The molecule has 0 fully saturated rings. The van der Waals surface area contributed by atoms with Gasteiger partial charge in [-0.3, -0.25) is 0 Å². The Hall–Kier alpha value is -0.300. The second kappa shape index (κ2) is 18.5. The number of hydrogen-bond acceptors (Lipinski definition) is 1. The Bertz CT molecular complexity index is 341. The van der Waals surface area contributed by atoms with Crippen LogP contribution in [0.15, 0.2) is 16.8 Å². The number of thiophene rings is 1. The molecule has 25 heavy (non-hydrogen) atoms. The Balaban J connectivity index is 1.65. The minimum absolute atomic E-state index is 1.29. The summed E-state index contributed by atoms with van der Waals surface area (Å²) in [6.07, 6.45) is 27.6. The zero-order valence-electron chi connectivity index (χ0n) is 17.1. The van der Waals surface area contributed by atoms with Crippen molar-refractivity contribution in [2.24, 2.45) is 0 Å². The molecule has 0 aliphatic rings. The maximum Gasteiger partial charge on any atom is -0.00613 e. The maximum absolute atomic E-state index is 2.30. The minimum Gasteiger partial charge on any atom is -0.152 e. The fraction of sp³-hybridized carbons (Fsp3) is 0.833. The summed E-state index contributed by atoms with van der Waals surface area (Å²) in [4.78, 5) is 0. The van der Waals surface area contributed by atoms with Gasteiger partial charge in [0.2, 0.25) is 0 Å². The predicted molar refractivity (Wildman–Crippen MR) is 117 cm³/mol. The molecule has 0 saturated heterocycles. The Morgan fingerprint density at radius 3 is 1.32 bits per heavy atom. The second-order valence-corrected chi connectivity index (χ2v) is 8.67. The number of aryl methyl sites for hydroxylation is 1. The Kier molecular flexibility index (Phi) is 16.8. The molecular weight excluding hydrogens is 320 g/mol. The van der Waals surface area contributed by atoms with Crippen molar-refractivity contribution in [2.75, 3.05) is 0 Å². The molecule has 1 aromatic heterocycles. The summed E-state index contributed by atoms with van der Waals surface area (Å²) in [5.41, 5.74) is 1.54. The van der Waals surface area contributed by atoms with Crippen molar-refractivity contribution in [2.45, 2.75) is 129 Å². The molecule has 0 amide bonds. The highest BCUT2D eigenvalue weighted by atomic mass is 32.1. The SMILES string of the molecule is CCCCCCCCCCCCCCCCCCCCc1ccsc1. The summed E-state index contributed by atoms with van der Waals surface area (Å²) in [7, 11) is 0. The smallest absolute Gasteiger partial charge is 0.00613 e. The highest BCUT2D eigenvalue weighted by Gasteiger charge is 1.96. The van der Waals surface area contributed by atoms with Gasteiger partial charge in [-0.15, -0.1) is 0 Å². The van der Waals surface area contributed by atoms with Crippen LogP contribution in [0, 0.1) is 0 Å². The molecule has 1 heterocycles. The minimum atomic E-state index is 1.29. The van der Waals surface area contributed by atoms with E-state index in [1.54, 1.807) is 5.56 Å². The topological polar surface area (TPSA) is 0 Å². The molecule has 0 bridgehead atoms. The molecule has 0 atom stereocenters. The highest BCUT2D eigenvalue weighted by molar-refractivity contribution is 7.07. The van der Waals surface area contributed by atoms with Crippen LogP contribution in [0.4, 0.5) is 0 Å². The van der Waals surface area contributed by atoms with Crippen LogP contribution in [0.1, 0.15) is 128 Å². The fourth-order valence-corrected chi connectivity index (χ4v) is 4.37. The van der Waals surface area contributed by atoms with E-state index in [2.05, 4.69) is 23.8 Å². The molecule has 0 unspecified atom stereocenters. The van der Waals surface area contributed by atoms with E-state index in [-0.39, 0.29) is 0 Å². The lowest BCUT2D eigenvalue weighted by molar-refractivity contribution is 0.525. The van der Waals surface area contributed by atoms with Crippen molar-refractivity contribution in [3.8, 4) is 0 Å². The first kappa shape index (κ1) is 22.7. The number of unbranched alkanes of at least 4 members (excludes halogenated alkanes) is 17. The van der Waals surface area contributed by atoms with Crippen molar-refractivity contribution in [1.29, 1.82) is 0 Å². The first-order chi connectivity index (χ1) is 12.4. The zero-order chi connectivity index (χ0) is 17.8. The van der Waals surface area contributed by atoms with Gasteiger partial charge in [0, 0.05) is 0 Å². The monoisotopic (exact) mass is 364 g/mol. The molecule has 1 rings (SSSR count). The van der Waals surface area contributed by atoms with Gasteiger partial charge in [-0.05, 0) is 35.2 Å². The lowest BCUT2D eigenvalue weighted by atomic mass is 10.0. The van der Waals surface area contributed by atoms with Crippen molar-refractivity contribution < 1.29 is 0 Å². The summed E-state index contributed by atoms with van der Waals surface area (Å²) < 4.78 is 0. The molecule has 146 valence electrons. The first-order valence-corrected chi connectivity index (χ1v) is 12.4. The Labute approximate surface area is 162 Å². The quantitative estimate of drug-likeness (QED) is 0.214. The van der Waals surface area contributed by atoms with Gasteiger partial charge in [-0.1, -0.05) is 116 Å². The number of hydrogen-bond donors (Lipinski definition) is 0. The summed E-state index contributed by atoms with van der Waals surface area (Å²) >= 11 is 1.83. The van der Waals surface area contributed by atoms with E-state index in [0.29, 0.717) is 0 Å². The fourth-order valence-electron chi connectivity index (χ4n) is 3.67. The van der Waals surface area contributed by atoms with Gasteiger partial charge in [-0.2, -0.15) is 11.3 Å². The van der Waals surface area contributed by atoms with Gasteiger partial charge in [0.25, 0.3) is 0 Å². The van der Waals surface area contributed by atoms with Crippen molar-refractivity contribution in [3.05, 3.63) is 22.4 Å². The average molecular weight is 365 g/mol. The highest BCUT2D eigenvalue weighted by Crippen LogP contribution is 2.15. The molecule has 0 aliphatic heterocycles. The van der Waals surface area contributed by atoms with E-state index in [4.69, 9.17) is 0 Å². The van der Waals surface area contributed by atoms with Gasteiger partial charge < -0.3 is 0 Å².